The van der Waals surface area contributed by atoms with E-state index in [0.29, 0.717) is 11.3 Å². The Morgan fingerprint density at radius 3 is 2.67 bits per heavy atom. The minimum absolute atomic E-state index is 0.0502. The van der Waals surface area contributed by atoms with Crippen molar-refractivity contribution >= 4 is 17.4 Å². The smallest absolute Gasteiger partial charge is 0.224 e. The predicted octanol–water partition coefficient (Wildman–Crippen LogP) is 2.52. The maximum absolute atomic E-state index is 12.9. The first-order valence-electron chi connectivity index (χ1n) is 4.21. The maximum Gasteiger partial charge on any atom is 0.224 e. The molecule has 3 nitrogen and oxygen atoms in total. The second kappa shape index (κ2) is 3.82. The minimum Gasteiger partial charge on any atom is -0.384 e. The van der Waals surface area contributed by atoms with E-state index in [0.717, 1.165) is 0 Å². The van der Waals surface area contributed by atoms with Gasteiger partial charge in [-0.3, -0.25) is 0 Å². The van der Waals surface area contributed by atoms with Gasteiger partial charge in [-0.25, -0.2) is 14.4 Å². The zero-order chi connectivity index (χ0) is 10.8. The van der Waals surface area contributed by atoms with Crippen molar-refractivity contribution in [2.45, 2.75) is 0 Å². The summed E-state index contributed by atoms with van der Waals surface area (Å²) in [5.74, 6) is -0.0740. The van der Waals surface area contributed by atoms with Gasteiger partial charge < -0.3 is 5.73 Å². The van der Waals surface area contributed by atoms with Gasteiger partial charge in [-0.1, -0.05) is 12.1 Å². The number of anilines is 1. The minimum atomic E-state index is -0.333. The summed E-state index contributed by atoms with van der Waals surface area (Å²) < 4.78 is 12.9. The SMILES string of the molecule is Nc1cc(-c2cccc(F)c2)nc(Cl)n1. The molecule has 0 bridgehead atoms. The zero-order valence-corrected chi connectivity index (χ0v) is 8.37. The molecule has 2 rings (SSSR count). The molecule has 1 aromatic heterocycles. The molecule has 0 aliphatic carbocycles. The van der Waals surface area contributed by atoms with E-state index in [1.165, 1.54) is 12.1 Å². The summed E-state index contributed by atoms with van der Waals surface area (Å²) in [5.41, 5.74) is 6.63. The largest absolute Gasteiger partial charge is 0.384 e. The van der Waals surface area contributed by atoms with Gasteiger partial charge in [0, 0.05) is 11.6 Å². The maximum atomic E-state index is 12.9. The van der Waals surface area contributed by atoms with Gasteiger partial charge in [-0.2, -0.15) is 0 Å². The highest BCUT2D eigenvalue weighted by Gasteiger charge is 2.04. The highest BCUT2D eigenvalue weighted by atomic mass is 35.5. The van der Waals surface area contributed by atoms with E-state index >= 15 is 0 Å². The Labute approximate surface area is 90.7 Å². The van der Waals surface area contributed by atoms with Crippen molar-refractivity contribution in [3.05, 3.63) is 41.4 Å². The Morgan fingerprint density at radius 1 is 1.20 bits per heavy atom. The first kappa shape index (κ1) is 9.86. The van der Waals surface area contributed by atoms with Gasteiger partial charge >= 0.3 is 0 Å². The highest BCUT2D eigenvalue weighted by Crippen LogP contribution is 2.20. The van der Waals surface area contributed by atoms with Gasteiger partial charge in [-0.05, 0) is 23.7 Å². The molecule has 15 heavy (non-hydrogen) atoms. The van der Waals surface area contributed by atoms with Crippen molar-refractivity contribution in [1.82, 2.24) is 9.97 Å². The van der Waals surface area contributed by atoms with Crippen LogP contribution in [-0.2, 0) is 0 Å². The lowest BCUT2D eigenvalue weighted by Crippen LogP contribution is -1.94. The summed E-state index contributed by atoms with van der Waals surface area (Å²) >= 11 is 5.64. The molecule has 0 atom stereocenters. The standard InChI is InChI=1S/C10H7ClFN3/c11-10-14-8(5-9(13)15-10)6-2-1-3-7(12)4-6/h1-5H,(H2,13,14,15). The topological polar surface area (TPSA) is 51.8 Å². The molecule has 1 aromatic carbocycles. The molecular weight excluding hydrogens is 217 g/mol. The van der Waals surface area contributed by atoms with Crippen molar-refractivity contribution in [1.29, 1.82) is 0 Å². The molecule has 2 aromatic rings. The van der Waals surface area contributed by atoms with Gasteiger partial charge in [0.2, 0.25) is 5.28 Å². The number of rotatable bonds is 1. The van der Waals surface area contributed by atoms with Crippen LogP contribution in [0.1, 0.15) is 0 Å². The number of aromatic nitrogens is 2. The average Bonchev–Trinajstić information content (AvgIpc) is 2.16. The van der Waals surface area contributed by atoms with Crippen molar-refractivity contribution in [2.24, 2.45) is 0 Å². The van der Waals surface area contributed by atoms with Crippen LogP contribution in [0.3, 0.4) is 0 Å². The van der Waals surface area contributed by atoms with E-state index < -0.39 is 0 Å². The molecule has 5 heteroatoms. The Hall–Kier alpha value is -1.68. The van der Waals surface area contributed by atoms with Gasteiger partial charge in [0.05, 0.1) is 5.69 Å². The Morgan fingerprint density at radius 2 is 2.00 bits per heavy atom. The number of benzene rings is 1. The van der Waals surface area contributed by atoms with Crippen molar-refractivity contribution in [2.75, 3.05) is 5.73 Å². The lowest BCUT2D eigenvalue weighted by atomic mass is 10.1. The van der Waals surface area contributed by atoms with Gasteiger partial charge in [0.15, 0.2) is 0 Å². The van der Waals surface area contributed by atoms with Crippen molar-refractivity contribution in [3.8, 4) is 11.3 Å². The van der Waals surface area contributed by atoms with E-state index in [4.69, 9.17) is 17.3 Å². The molecular formula is C10H7ClFN3. The Bertz CT molecular complexity index is 482. The molecule has 0 saturated carbocycles. The molecule has 0 unspecified atom stereocenters. The van der Waals surface area contributed by atoms with Crippen LogP contribution in [0.2, 0.25) is 5.28 Å². The fourth-order valence-corrected chi connectivity index (χ4v) is 1.42. The number of hydrogen-bond donors (Lipinski definition) is 1. The van der Waals surface area contributed by atoms with Crippen LogP contribution < -0.4 is 5.73 Å². The Kier molecular flexibility index (Phi) is 2.51. The molecule has 0 amide bonds. The van der Waals surface area contributed by atoms with Crippen LogP contribution in [0, 0.1) is 5.82 Å². The van der Waals surface area contributed by atoms with Crippen LogP contribution >= 0.6 is 11.6 Å². The summed E-state index contributed by atoms with van der Waals surface area (Å²) in [4.78, 5) is 7.67. The predicted molar refractivity (Wildman–Crippen MR) is 56.8 cm³/mol. The van der Waals surface area contributed by atoms with Crippen LogP contribution in [0.25, 0.3) is 11.3 Å². The van der Waals surface area contributed by atoms with Crippen LogP contribution in [0.4, 0.5) is 10.2 Å². The lowest BCUT2D eigenvalue weighted by molar-refractivity contribution is 0.628. The number of nitrogens with two attached hydrogens (primary N) is 1. The first-order chi connectivity index (χ1) is 7.15. The summed E-state index contributed by atoms with van der Waals surface area (Å²) in [5, 5.41) is 0.0502. The number of nitrogen functional groups attached to an aromatic ring is 1. The quantitative estimate of drug-likeness (QED) is 0.756. The third kappa shape index (κ3) is 2.22. The third-order valence-electron chi connectivity index (χ3n) is 1.84. The van der Waals surface area contributed by atoms with Gasteiger partial charge in [-0.15, -0.1) is 0 Å². The van der Waals surface area contributed by atoms with Crippen LogP contribution in [0.5, 0.6) is 0 Å². The van der Waals surface area contributed by atoms with E-state index in [2.05, 4.69) is 9.97 Å². The first-order valence-corrected chi connectivity index (χ1v) is 4.59. The molecule has 1 heterocycles. The fraction of sp³-hybridized carbons (Fsp3) is 0. The molecule has 0 spiro atoms. The number of hydrogen-bond acceptors (Lipinski definition) is 3. The summed E-state index contributed by atoms with van der Waals surface area (Å²) in [6.45, 7) is 0. The second-order valence-electron chi connectivity index (χ2n) is 2.96. The van der Waals surface area contributed by atoms with E-state index in [1.807, 2.05) is 0 Å². The summed E-state index contributed by atoms with van der Waals surface area (Å²) in [6, 6.07) is 7.58. The van der Waals surface area contributed by atoms with Crippen LogP contribution in [0.15, 0.2) is 30.3 Å². The van der Waals surface area contributed by atoms with E-state index in [1.54, 1.807) is 18.2 Å². The average molecular weight is 224 g/mol. The van der Waals surface area contributed by atoms with E-state index in [-0.39, 0.29) is 16.9 Å². The lowest BCUT2D eigenvalue weighted by Gasteiger charge is -2.02. The zero-order valence-electron chi connectivity index (χ0n) is 7.61. The van der Waals surface area contributed by atoms with Crippen LogP contribution in [-0.4, -0.2) is 9.97 Å². The molecule has 2 N–H and O–H groups in total. The van der Waals surface area contributed by atoms with Gasteiger partial charge in [0.1, 0.15) is 11.6 Å². The summed E-state index contributed by atoms with van der Waals surface area (Å²) in [7, 11) is 0. The Balaban J connectivity index is 2.54. The molecule has 76 valence electrons. The molecule has 0 aliphatic rings. The van der Waals surface area contributed by atoms with Crippen molar-refractivity contribution in [3.63, 3.8) is 0 Å². The van der Waals surface area contributed by atoms with Crippen molar-refractivity contribution < 1.29 is 4.39 Å². The van der Waals surface area contributed by atoms with Gasteiger partial charge in [0.25, 0.3) is 0 Å². The van der Waals surface area contributed by atoms with E-state index in [9.17, 15) is 4.39 Å². The normalized spacial score (nSPS) is 10.3. The third-order valence-corrected chi connectivity index (χ3v) is 2.01. The number of nitrogens with zero attached hydrogens (tertiary/aromatic N) is 2. The number of halogens is 2. The molecule has 0 radical (unpaired) electrons. The molecule has 0 saturated heterocycles. The summed E-state index contributed by atoms with van der Waals surface area (Å²) in [6.07, 6.45) is 0. The second-order valence-corrected chi connectivity index (χ2v) is 3.30. The molecule has 0 aliphatic heterocycles. The fourth-order valence-electron chi connectivity index (χ4n) is 1.23. The molecule has 0 fully saturated rings. The monoisotopic (exact) mass is 223 g/mol. The highest BCUT2D eigenvalue weighted by molar-refractivity contribution is 6.28.